The Balaban J connectivity index is 1.73. The van der Waals surface area contributed by atoms with Crippen LogP contribution in [0.15, 0.2) is 18.5 Å². The van der Waals surface area contributed by atoms with Crippen LogP contribution in [0.1, 0.15) is 6.42 Å². The van der Waals surface area contributed by atoms with E-state index in [1.807, 2.05) is 6.07 Å². The molecular formula is C16H23N5O5S. The molecule has 3 N–H and O–H groups in total. The van der Waals surface area contributed by atoms with Crippen LogP contribution in [0.2, 0.25) is 0 Å². The van der Waals surface area contributed by atoms with Crippen molar-refractivity contribution in [2.24, 2.45) is 11.1 Å². The molecule has 0 radical (unpaired) electrons. The monoisotopic (exact) mass is 397 g/mol. The van der Waals surface area contributed by atoms with E-state index in [0.29, 0.717) is 30.4 Å². The number of hydrogen-bond donors (Lipinski definition) is 2. The number of fused-ring (bicyclic) bond motifs is 1. The second-order valence-electron chi connectivity index (χ2n) is 6.27. The van der Waals surface area contributed by atoms with Gasteiger partial charge in [0.15, 0.2) is 18.3 Å². The molecule has 1 aliphatic heterocycles. The summed E-state index contributed by atoms with van der Waals surface area (Å²) in [6.45, 7) is 1.99. The number of aromatic nitrogens is 2. The minimum absolute atomic E-state index is 0.105. The molecular weight excluding hydrogens is 374 g/mol. The molecule has 1 aliphatic rings. The lowest BCUT2D eigenvalue weighted by molar-refractivity contribution is 0.0493. The van der Waals surface area contributed by atoms with E-state index in [4.69, 9.17) is 19.3 Å². The summed E-state index contributed by atoms with van der Waals surface area (Å²) >= 11 is 0. The second-order valence-corrected chi connectivity index (χ2v) is 7.65. The van der Waals surface area contributed by atoms with Gasteiger partial charge in [-0.05, 0) is 18.4 Å². The number of rotatable bonds is 9. The van der Waals surface area contributed by atoms with Crippen molar-refractivity contribution in [1.82, 2.24) is 14.7 Å². The summed E-state index contributed by atoms with van der Waals surface area (Å²) in [6.07, 6.45) is 2.23. The zero-order chi connectivity index (χ0) is 19.4. The van der Waals surface area contributed by atoms with Gasteiger partial charge in [-0.3, -0.25) is 0 Å². The zero-order valence-electron chi connectivity index (χ0n) is 15.2. The minimum atomic E-state index is -3.64. The molecule has 1 aromatic carbocycles. The molecule has 11 heteroatoms. The van der Waals surface area contributed by atoms with Gasteiger partial charge in [0.05, 0.1) is 12.6 Å². The highest BCUT2D eigenvalue weighted by Crippen LogP contribution is 2.36. The van der Waals surface area contributed by atoms with Gasteiger partial charge in [-0.15, -0.1) is 0 Å². The first kappa shape index (κ1) is 19.5. The van der Waals surface area contributed by atoms with Gasteiger partial charge in [0, 0.05) is 38.2 Å². The van der Waals surface area contributed by atoms with E-state index in [0.717, 1.165) is 29.8 Å². The SMILES string of the molecule is COCOc1cc2c(N3CC(CCNS(N)(=O)=O)C3)ncnc2cc1OC. The Bertz CT molecular complexity index is 901. The zero-order valence-corrected chi connectivity index (χ0v) is 16.0. The molecule has 2 aromatic rings. The fourth-order valence-corrected chi connectivity index (χ4v) is 3.43. The molecule has 0 spiro atoms. The summed E-state index contributed by atoms with van der Waals surface area (Å²) in [5.74, 6) is 2.30. The third-order valence-electron chi connectivity index (χ3n) is 4.34. The van der Waals surface area contributed by atoms with E-state index in [9.17, 15) is 8.42 Å². The molecule has 0 atom stereocenters. The highest BCUT2D eigenvalue weighted by molar-refractivity contribution is 7.87. The van der Waals surface area contributed by atoms with Crippen molar-refractivity contribution >= 4 is 26.9 Å². The summed E-state index contributed by atoms with van der Waals surface area (Å²) in [7, 11) is -0.521. The number of hydrogen-bond acceptors (Lipinski definition) is 8. The Kier molecular flexibility index (Phi) is 5.95. The quantitative estimate of drug-likeness (QED) is 0.576. The first-order valence-electron chi connectivity index (χ1n) is 8.38. The third kappa shape index (κ3) is 4.75. The maximum Gasteiger partial charge on any atom is 0.274 e. The average molecular weight is 397 g/mol. The number of anilines is 1. The summed E-state index contributed by atoms with van der Waals surface area (Å²) in [4.78, 5) is 10.9. The summed E-state index contributed by atoms with van der Waals surface area (Å²) < 4.78 is 40.1. The Morgan fingerprint density at radius 2 is 2.04 bits per heavy atom. The van der Waals surface area contributed by atoms with Crippen molar-refractivity contribution < 1.29 is 22.6 Å². The van der Waals surface area contributed by atoms with Crippen LogP contribution in [-0.2, 0) is 14.9 Å². The van der Waals surface area contributed by atoms with Crippen LogP contribution in [0, 0.1) is 5.92 Å². The first-order valence-corrected chi connectivity index (χ1v) is 9.92. The largest absolute Gasteiger partial charge is 0.493 e. The van der Waals surface area contributed by atoms with Crippen molar-refractivity contribution in [3.63, 3.8) is 0 Å². The van der Waals surface area contributed by atoms with E-state index in [1.165, 1.54) is 6.33 Å². The van der Waals surface area contributed by atoms with E-state index in [1.54, 1.807) is 20.3 Å². The second kappa shape index (κ2) is 8.21. The van der Waals surface area contributed by atoms with Gasteiger partial charge < -0.3 is 19.1 Å². The van der Waals surface area contributed by atoms with Crippen LogP contribution < -0.4 is 24.2 Å². The molecule has 10 nitrogen and oxygen atoms in total. The molecule has 0 aliphatic carbocycles. The number of nitrogens with two attached hydrogens (primary N) is 1. The maximum atomic E-state index is 10.9. The van der Waals surface area contributed by atoms with Crippen LogP contribution in [0.25, 0.3) is 10.9 Å². The molecule has 0 unspecified atom stereocenters. The molecule has 27 heavy (non-hydrogen) atoms. The predicted molar refractivity (Wildman–Crippen MR) is 100 cm³/mol. The van der Waals surface area contributed by atoms with Gasteiger partial charge in [-0.2, -0.15) is 8.42 Å². The lowest BCUT2D eigenvalue weighted by atomic mass is 9.96. The molecule has 1 saturated heterocycles. The fraction of sp³-hybridized carbons (Fsp3) is 0.500. The van der Waals surface area contributed by atoms with Crippen molar-refractivity contribution in [2.75, 3.05) is 45.5 Å². The third-order valence-corrected chi connectivity index (χ3v) is 4.95. The molecule has 0 saturated carbocycles. The molecule has 2 heterocycles. The fourth-order valence-electron chi connectivity index (χ4n) is 3.03. The summed E-state index contributed by atoms with van der Waals surface area (Å²) in [6, 6.07) is 3.65. The number of methoxy groups -OCH3 is 2. The van der Waals surface area contributed by atoms with Gasteiger partial charge in [0.2, 0.25) is 0 Å². The Hall–Kier alpha value is -2.21. The highest BCUT2D eigenvalue weighted by Gasteiger charge is 2.29. The molecule has 0 bridgehead atoms. The normalized spacial score (nSPS) is 15.0. The van der Waals surface area contributed by atoms with E-state index in [2.05, 4.69) is 19.6 Å². The van der Waals surface area contributed by atoms with Crippen LogP contribution in [0.3, 0.4) is 0 Å². The standard InChI is InChI=1S/C16H23N5O5S/c1-24-10-26-15-5-12-13(6-14(15)25-2)18-9-19-16(12)21-7-11(8-21)3-4-20-27(17,22)23/h5-6,9,11,20H,3-4,7-8,10H2,1-2H3,(H2,17,22,23). The van der Waals surface area contributed by atoms with Crippen molar-refractivity contribution in [3.8, 4) is 11.5 Å². The smallest absolute Gasteiger partial charge is 0.274 e. The van der Waals surface area contributed by atoms with Gasteiger partial charge in [-0.1, -0.05) is 0 Å². The topological polar surface area (TPSA) is 129 Å². The summed E-state index contributed by atoms with van der Waals surface area (Å²) in [5.41, 5.74) is 0.751. The predicted octanol–water partition coefficient (Wildman–Crippen LogP) is 0.241. The van der Waals surface area contributed by atoms with Crippen molar-refractivity contribution in [3.05, 3.63) is 18.5 Å². The number of nitrogens with zero attached hydrogens (tertiary/aromatic N) is 3. The molecule has 148 valence electrons. The lowest BCUT2D eigenvalue weighted by Gasteiger charge is -2.40. The van der Waals surface area contributed by atoms with Crippen LogP contribution in [0.5, 0.6) is 11.5 Å². The van der Waals surface area contributed by atoms with Crippen LogP contribution in [-0.4, -0.2) is 59.0 Å². The van der Waals surface area contributed by atoms with Gasteiger partial charge in [-0.25, -0.2) is 19.8 Å². The average Bonchev–Trinajstić information content (AvgIpc) is 2.59. The first-order chi connectivity index (χ1) is 12.9. The van der Waals surface area contributed by atoms with Gasteiger partial charge in [0.1, 0.15) is 12.1 Å². The van der Waals surface area contributed by atoms with Crippen molar-refractivity contribution in [2.45, 2.75) is 6.42 Å². The van der Waals surface area contributed by atoms with Crippen LogP contribution >= 0.6 is 0 Å². The maximum absolute atomic E-state index is 10.9. The Morgan fingerprint density at radius 1 is 1.26 bits per heavy atom. The van der Waals surface area contributed by atoms with E-state index >= 15 is 0 Å². The number of nitrogens with one attached hydrogen (secondary N) is 1. The molecule has 1 aromatic heterocycles. The number of ether oxygens (including phenoxy) is 3. The number of benzene rings is 1. The Morgan fingerprint density at radius 3 is 2.70 bits per heavy atom. The van der Waals surface area contributed by atoms with Crippen LogP contribution in [0.4, 0.5) is 5.82 Å². The Labute approximate surface area is 157 Å². The van der Waals surface area contributed by atoms with E-state index in [-0.39, 0.29) is 6.79 Å². The molecule has 1 fully saturated rings. The molecule has 3 rings (SSSR count). The van der Waals surface area contributed by atoms with Crippen molar-refractivity contribution in [1.29, 1.82) is 0 Å². The highest BCUT2D eigenvalue weighted by atomic mass is 32.2. The van der Waals surface area contributed by atoms with Gasteiger partial charge >= 0.3 is 0 Å². The molecule has 0 amide bonds. The lowest BCUT2D eigenvalue weighted by Crippen LogP contribution is -2.48. The minimum Gasteiger partial charge on any atom is -0.493 e. The van der Waals surface area contributed by atoms with E-state index < -0.39 is 10.2 Å². The summed E-state index contributed by atoms with van der Waals surface area (Å²) in [5, 5.41) is 5.79. The van der Waals surface area contributed by atoms with Gasteiger partial charge in [0.25, 0.3) is 10.2 Å².